The van der Waals surface area contributed by atoms with E-state index in [9.17, 15) is 4.79 Å². The van der Waals surface area contributed by atoms with Gasteiger partial charge in [-0.1, -0.05) is 29.8 Å². The minimum Gasteiger partial charge on any atom is -0.379 e. The number of benzene rings is 2. The van der Waals surface area contributed by atoms with Gasteiger partial charge in [-0.15, -0.1) is 0 Å². The molecule has 2 aliphatic heterocycles. The van der Waals surface area contributed by atoms with Gasteiger partial charge in [0.2, 0.25) is 0 Å². The van der Waals surface area contributed by atoms with Crippen molar-refractivity contribution in [2.75, 3.05) is 57.4 Å². The lowest BCUT2D eigenvalue weighted by molar-refractivity contribution is 0.0383. The van der Waals surface area contributed by atoms with Crippen LogP contribution >= 0.6 is 11.6 Å². The Balaban J connectivity index is 1.19. The number of morpholine rings is 1. The Labute approximate surface area is 195 Å². The number of anilines is 1. The van der Waals surface area contributed by atoms with Gasteiger partial charge in [-0.25, -0.2) is 0 Å². The first-order valence-electron chi connectivity index (χ1n) is 11.6. The van der Waals surface area contributed by atoms with Gasteiger partial charge in [-0.05, 0) is 48.7 Å². The fraction of sp³-hybridized carbons (Fsp3) is 0.480. The molecule has 0 bridgehead atoms. The highest BCUT2D eigenvalue weighted by molar-refractivity contribution is 6.31. The van der Waals surface area contributed by atoms with E-state index in [4.69, 9.17) is 16.3 Å². The highest BCUT2D eigenvalue weighted by Crippen LogP contribution is 2.21. The quantitative estimate of drug-likeness (QED) is 0.639. The maximum absolute atomic E-state index is 12.4. The molecule has 2 fully saturated rings. The molecule has 6 nitrogen and oxygen atoms in total. The van der Waals surface area contributed by atoms with Crippen molar-refractivity contribution >= 4 is 23.2 Å². The Morgan fingerprint density at radius 1 is 1.00 bits per heavy atom. The average Bonchev–Trinajstić information content (AvgIpc) is 2.85. The summed E-state index contributed by atoms with van der Waals surface area (Å²) in [5.41, 5.74) is 3.04. The standard InChI is InChI=1S/C25H33ClN4O2/c26-24-4-2-1-3-21(24)19-28-22-9-12-30(13-10-22)23-7-5-20(6-8-23)25(31)27-11-14-29-15-17-32-18-16-29/h1-8,22,28H,9-19H2,(H,27,31). The first kappa shape index (κ1) is 23.1. The molecule has 2 heterocycles. The minimum atomic E-state index is -0.00714. The van der Waals surface area contributed by atoms with E-state index in [1.54, 1.807) is 0 Å². The number of rotatable bonds is 8. The molecule has 32 heavy (non-hydrogen) atoms. The van der Waals surface area contributed by atoms with E-state index >= 15 is 0 Å². The van der Waals surface area contributed by atoms with Crippen LogP contribution in [-0.4, -0.2) is 69.3 Å². The molecule has 2 saturated heterocycles. The normalized spacial score (nSPS) is 18.0. The van der Waals surface area contributed by atoms with Crippen LogP contribution < -0.4 is 15.5 Å². The molecule has 0 radical (unpaired) electrons. The maximum Gasteiger partial charge on any atom is 0.251 e. The van der Waals surface area contributed by atoms with Crippen molar-refractivity contribution in [2.24, 2.45) is 0 Å². The van der Waals surface area contributed by atoms with Crippen LogP contribution in [0, 0.1) is 0 Å². The van der Waals surface area contributed by atoms with Crippen molar-refractivity contribution in [2.45, 2.75) is 25.4 Å². The van der Waals surface area contributed by atoms with Crippen LogP contribution in [-0.2, 0) is 11.3 Å². The first-order valence-corrected chi connectivity index (χ1v) is 12.0. The molecule has 2 aliphatic rings. The summed E-state index contributed by atoms with van der Waals surface area (Å²) >= 11 is 6.26. The highest BCUT2D eigenvalue weighted by Gasteiger charge is 2.19. The molecule has 7 heteroatoms. The zero-order valence-corrected chi connectivity index (χ0v) is 19.3. The van der Waals surface area contributed by atoms with Gasteiger partial charge in [0.05, 0.1) is 13.2 Å². The predicted octanol–water partition coefficient (Wildman–Crippen LogP) is 3.16. The van der Waals surface area contributed by atoms with E-state index in [-0.39, 0.29) is 5.91 Å². The molecular weight excluding hydrogens is 424 g/mol. The highest BCUT2D eigenvalue weighted by atomic mass is 35.5. The SMILES string of the molecule is O=C(NCCN1CCOCC1)c1ccc(N2CCC(NCc3ccccc3Cl)CC2)cc1. The number of amides is 1. The van der Waals surface area contributed by atoms with Gasteiger partial charge < -0.3 is 20.3 Å². The maximum atomic E-state index is 12.4. The average molecular weight is 457 g/mol. The topological polar surface area (TPSA) is 56.8 Å². The van der Waals surface area contributed by atoms with Crippen molar-refractivity contribution in [3.8, 4) is 0 Å². The zero-order valence-electron chi connectivity index (χ0n) is 18.6. The number of carbonyl (C=O) groups is 1. The number of piperidine rings is 1. The number of nitrogens with one attached hydrogen (secondary N) is 2. The van der Waals surface area contributed by atoms with E-state index in [1.807, 2.05) is 30.3 Å². The number of ether oxygens (including phenoxy) is 1. The summed E-state index contributed by atoms with van der Waals surface area (Å²) in [5.74, 6) is -0.00714. The monoisotopic (exact) mass is 456 g/mol. The summed E-state index contributed by atoms with van der Waals surface area (Å²) in [6.45, 7) is 7.79. The Morgan fingerprint density at radius 3 is 2.44 bits per heavy atom. The van der Waals surface area contributed by atoms with Gasteiger partial charge in [0.25, 0.3) is 5.91 Å². The molecule has 2 aromatic carbocycles. The second kappa shape index (κ2) is 11.7. The number of hydrogen-bond donors (Lipinski definition) is 2. The zero-order chi connectivity index (χ0) is 22.2. The van der Waals surface area contributed by atoms with Crippen LogP contribution in [0.4, 0.5) is 5.69 Å². The van der Waals surface area contributed by atoms with E-state index < -0.39 is 0 Å². The lowest BCUT2D eigenvalue weighted by Crippen LogP contribution is -2.42. The van der Waals surface area contributed by atoms with E-state index in [0.717, 1.165) is 75.9 Å². The second-order valence-corrected chi connectivity index (χ2v) is 8.90. The van der Waals surface area contributed by atoms with Crippen LogP contribution in [0.3, 0.4) is 0 Å². The lowest BCUT2D eigenvalue weighted by Gasteiger charge is -2.34. The molecule has 0 unspecified atom stereocenters. The summed E-state index contributed by atoms with van der Waals surface area (Å²) in [6, 6.07) is 16.5. The number of nitrogens with zero attached hydrogens (tertiary/aromatic N) is 2. The van der Waals surface area contributed by atoms with Crippen molar-refractivity contribution in [3.63, 3.8) is 0 Å². The van der Waals surface area contributed by atoms with Gasteiger partial charge in [-0.3, -0.25) is 9.69 Å². The number of halogens is 1. The molecule has 2 N–H and O–H groups in total. The molecule has 0 atom stereocenters. The van der Waals surface area contributed by atoms with Gasteiger partial charge in [0, 0.05) is 68.1 Å². The summed E-state index contributed by atoms with van der Waals surface area (Å²) in [6.07, 6.45) is 2.18. The van der Waals surface area contributed by atoms with Gasteiger partial charge in [0.15, 0.2) is 0 Å². The smallest absolute Gasteiger partial charge is 0.251 e. The summed E-state index contributed by atoms with van der Waals surface area (Å²) in [7, 11) is 0. The Morgan fingerprint density at radius 2 is 1.72 bits per heavy atom. The molecule has 0 aromatic heterocycles. The van der Waals surface area contributed by atoms with Crippen LogP contribution in [0.1, 0.15) is 28.8 Å². The van der Waals surface area contributed by atoms with Gasteiger partial charge in [0.1, 0.15) is 0 Å². The van der Waals surface area contributed by atoms with Crippen molar-refractivity contribution in [1.29, 1.82) is 0 Å². The molecular formula is C25H33ClN4O2. The number of hydrogen-bond acceptors (Lipinski definition) is 5. The third-order valence-electron chi connectivity index (χ3n) is 6.35. The van der Waals surface area contributed by atoms with E-state index in [1.165, 1.54) is 5.69 Å². The lowest BCUT2D eigenvalue weighted by atomic mass is 10.0. The summed E-state index contributed by atoms with van der Waals surface area (Å²) in [4.78, 5) is 17.2. The van der Waals surface area contributed by atoms with Gasteiger partial charge >= 0.3 is 0 Å². The van der Waals surface area contributed by atoms with E-state index in [0.29, 0.717) is 18.2 Å². The van der Waals surface area contributed by atoms with E-state index in [2.05, 4.69) is 38.6 Å². The number of carbonyl (C=O) groups excluding carboxylic acids is 1. The van der Waals surface area contributed by atoms with Gasteiger partial charge in [-0.2, -0.15) is 0 Å². The van der Waals surface area contributed by atoms with Crippen LogP contribution in [0.5, 0.6) is 0 Å². The fourth-order valence-electron chi connectivity index (χ4n) is 4.32. The first-order chi connectivity index (χ1) is 15.7. The second-order valence-electron chi connectivity index (χ2n) is 8.49. The molecule has 1 amide bonds. The third-order valence-corrected chi connectivity index (χ3v) is 6.71. The van der Waals surface area contributed by atoms with Crippen molar-refractivity contribution in [1.82, 2.24) is 15.5 Å². The van der Waals surface area contributed by atoms with Crippen molar-refractivity contribution < 1.29 is 9.53 Å². The Kier molecular flexibility index (Phi) is 8.40. The molecule has 0 aliphatic carbocycles. The fourth-order valence-corrected chi connectivity index (χ4v) is 4.52. The predicted molar refractivity (Wildman–Crippen MR) is 130 cm³/mol. The Bertz CT molecular complexity index is 863. The molecule has 0 saturated carbocycles. The molecule has 0 spiro atoms. The molecule has 172 valence electrons. The van der Waals surface area contributed by atoms with Crippen LogP contribution in [0.15, 0.2) is 48.5 Å². The van der Waals surface area contributed by atoms with Crippen LogP contribution in [0.2, 0.25) is 5.02 Å². The minimum absolute atomic E-state index is 0.00714. The molecule has 2 aromatic rings. The molecule has 4 rings (SSSR count). The largest absolute Gasteiger partial charge is 0.379 e. The van der Waals surface area contributed by atoms with Crippen LogP contribution in [0.25, 0.3) is 0 Å². The van der Waals surface area contributed by atoms with Crippen molar-refractivity contribution in [3.05, 3.63) is 64.7 Å². The summed E-state index contributed by atoms with van der Waals surface area (Å²) < 4.78 is 5.36. The Hall–Kier alpha value is -2.12. The summed E-state index contributed by atoms with van der Waals surface area (Å²) in [5, 5.41) is 7.50. The third kappa shape index (κ3) is 6.45.